The van der Waals surface area contributed by atoms with E-state index < -0.39 is 0 Å². The summed E-state index contributed by atoms with van der Waals surface area (Å²) < 4.78 is 19.2. The lowest BCUT2D eigenvalue weighted by Crippen LogP contribution is -2.29. The molecule has 2 aromatic rings. The van der Waals surface area contributed by atoms with E-state index in [9.17, 15) is 4.39 Å². The van der Waals surface area contributed by atoms with Gasteiger partial charge in [0.05, 0.1) is 7.11 Å². The fourth-order valence-corrected chi connectivity index (χ4v) is 5.16. The Morgan fingerprint density at radius 3 is 2.63 bits per heavy atom. The van der Waals surface area contributed by atoms with E-state index in [2.05, 4.69) is 48.9 Å². The van der Waals surface area contributed by atoms with Crippen molar-refractivity contribution in [2.45, 2.75) is 26.4 Å². The number of hydrogen-bond donors (Lipinski definition) is 0. The molecule has 4 rings (SSSR count). The summed E-state index contributed by atoms with van der Waals surface area (Å²) in [5.41, 5.74) is 5.05. The summed E-state index contributed by atoms with van der Waals surface area (Å²) >= 11 is 0. The zero-order valence-electron chi connectivity index (χ0n) is 16.7. The Morgan fingerprint density at radius 2 is 1.89 bits per heavy atom. The summed E-state index contributed by atoms with van der Waals surface area (Å²) in [5.74, 6) is 2.05. The van der Waals surface area contributed by atoms with Gasteiger partial charge in [-0.1, -0.05) is 18.2 Å². The first-order valence-electron chi connectivity index (χ1n) is 9.79. The molecule has 27 heavy (non-hydrogen) atoms. The number of halogens is 1. The van der Waals surface area contributed by atoms with E-state index in [0.717, 1.165) is 37.5 Å². The predicted octanol–water partition coefficient (Wildman–Crippen LogP) is 4.19. The smallest absolute Gasteiger partial charge is 0.123 e. The van der Waals surface area contributed by atoms with Crippen molar-refractivity contribution in [1.82, 2.24) is 9.80 Å². The Kier molecular flexibility index (Phi) is 4.95. The average Bonchev–Trinajstić information content (AvgIpc) is 3.14. The Hall–Kier alpha value is -1.91. The van der Waals surface area contributed by atoms with Crippen molar-refractivity contribution in [3.8, 4) is 5.75 Å². The molecule has 3 atom stereocenters. The second-order valence-corrected chi connectivity index (χ2v) is 8.23. The molecule has 2 aliphatic heterocycles. The minimum atomic E-state index is -0.136. The van der Waals surface area contributed by atoms with E-state index in [0.29, 0.717) is 17.9 Å². The highest BCUT2D eigenvalue weighted by Crippen LogP contribution is 2.44. The number of likely N-dealkylation sites (tertiary alicyclic amines) is 2. The quantitative estimate of drug-likeness (QED) is 0.805. The number of ether oxygens (including phenoxy) is 1. The molecule has 2 aromatic carbocycles. The monoisotopic (exact) mass is 368 g/mol. The second kappa shape index (κ2) is 7.25. The van der Waals surface area contributed by atoms with Gasteiger partial charge in [-0.15, -0.1) is 0 Å². The molecule has 0 aromatic heterocycles. The average molecular weight is 368 g/mol. The van der Waals surface area contributed by atoms with Gasteiger partial charge in [-0.2, -0.15) is 0 Å². The molecule has 0 spiro atoms. The lowest BCUT2D eigenvalue weighted by molar-refractivity contribution is 0.224. The van der Waals surface area contributed by atoms with Gasteiger partial charge in [-0.3, -0.25) is 9.80 Å². The van der Waals surface area contributed by atoms with Gasteiger partial charge >= 0.3 is 0 Å². The summed E-state index contributed by atoms with van der Waals surface area (Å²) in [6, 6.07) is 11.8. The van der Waals surface area contributed by atoms with E-state index in [-0.39, 0.29) is 5.82 Å². The molecule has 2 heterocycles. The van der Waals surface area contributed by atoms with E-state index in [1.54, 1.807) is 13.2 Å². The molecule has 0 bridgehead atoms. The van der Waals surface area contributed by atoms with Crippen LogP contribution in [0.3, 0.4) is 0 Å². The molecule has 4 heteroatoms. The Bertz CT molecular complexity index is 837. The Balaban J connectivity index is 1.51. The minimum absolute atomic E-state index is 0.136. The predicted molar refractivity (Wildman–Crippen MR) is 106 cm³/mol. The van der Waals surface area contributed by atoms with Crippen molar-refractivity contribution in [2.75, 3.05) is 33.8 Å². The molecule has 0 N–H and O–H groups in total. The number of rotatable bonds is 4. The van der Waals surface area contributed by atoms with Gasteiger partial charge < -0.3 is 4.74 Å². The van der Waals surface area contributed by atoms with Crippen molar-refractivity contribution < 1.29 is 9.13 Å². The van der Waals surface area contributed by atoms with Crippen LogP contribution in [-0.4, -0.2) is 43.6 Å². The van der Waals surface area contributed by atoms with E-state index in [1.165, 1.54) is 22.8 Å². The second-order valence-electron chi connectivity index (χ2n) is 8.23. The van der Waals surface area contributed by atoms with Crippen LogP contribution in [0.5, 0.6) is 5.75 Å². The maximum Gasteiger partial charge on any atom is 0.123 e. The highest BCUT2D eigenvalue weighted by atomic mass is 19.1. The maximum absolute atomic E-state index is 13.8. The van der Waals surface area contributed by atoms with Crippen molar-refractivity contribution in [3.63, 3.8) is 0 Å². The van der Waals surface area contributed by atoms with E-state index in [4.69, 9.17) is 4.74 Å². The largest absolute Gasteiger partial charge is 0.496 e. The first-order valence-corrected chi connectivity index (χ1v) is 9.79. The number of methoxy groups -OCH3 is 1. The molecule has 3 nitrogen and oxygen atoms in total. The lowest BCUT2D eigenvalue weighted by atomic mass is 9.89. The molecule has 144 valence electrons. The fourth-order valence-electron chi connectivity index (χ4n) is 5.16. The standard InChI is InChI=1S/C23H29FN2O/c1-15-16(2)22(27-4)9-8-18(15)12-26-13-19-11-25(3)23(21(19)14-26)17-6-5-7-20(24)10-17/h5-10,19,21,23H,11-14H2,1-4H3/t19-,21+,23-/m0/s1. The van der Waals surface area contributed by atoms with Crippen molar-refractivity contribution in [2.24, 2.45) is 11.8 Å². The summed E-state index contributed by atoms with van der Waals surface area (Å²) in [6.45, 7) is 8.57. The molecule has 0 aliphatic carbocycles. The molecule has 0 saturated carbocycles. The minimum Gasteiger partial charge on any atom is -0.496 e. The summed E-state index contributed by atoms with van der Waals surface area (Å²) in [4.78, 5) is 4.98. The van der Waals surface area contributed by atoms with Crippen LogP contribution in [0.15, 0.2) is 36.4 Å². The number of fused-ring (bicyclic) bond motifs is 1. The van der Waals surface area contributed by atoms with Crippen LogP contribution in [0.1, 0.15) is 28.3 Å². The summed E-state index contributed by atoms with van der Waals surface area (Å²) in [7, 11) is 3.90. The van der Waals surface area contributed by atoms with Crippen molar-refractivity contribution in [3.05, 3.63) is 64.5 Å². The highest BCUT2D eigenvalue weighted by molar-refractivity contribution is 5.43. The van der Waals surface area contributed by atoms with Gasteiger partial charge in [0.1, 0.15) is 11.6 Å². The third kappa shape index (κ3) is 3.37. The van der Waals surface area contributed by atoms with Crippen LogP contribution in [0.2, 0.25) is 0 Å². The van der Waals surface area contributed by atoms with Crippen LogP contribution in [0.25, 0.3) is 0 Å². The summed E-state index contributed by atoms with van der Waals surface area (Å²) in [5, 5.41) is 0. The van der Waals surface area contributed by atoms with Crippen LogP contribution in [0.4, 0.5) is 4.39 Å². The molecule has 2 saturated heterocycles. The number of hydrogen-bond acceptors (Lipinski definition) is 3. The Labute approximate surface area is 161 Å². The van der Waals surface area contributed by atoms with Gasteiger partial charge in [0.25, 0.3) is 0 Å². The molecule has 2 fully saturated rings. The number of nitrogens with zero attached hydrogens (tertiary/aromatic N) is 2. The van der Waals surface area contributed by atoms with Crippen molar-refractivity contribution >= 4 is 0 Å². The molecule has 2 aliphatic rings. The van der Waals surface area contributed by atoms with Crippen LogP contribution in [0, 0.1) is 31.5 Å². The Morgan fingerprint density at radius 1 is 1.07 bits per heavy atom. The van der Waals surface area contributed by atoms with E-state index in [1.807, 2.05) is 6.07 Å². The van der Waals surface area contributed by atoms with Gasteiger partial charge in [0, 0.05) is 32.2 Å². The molecular weight excluding hydrogens is 339 g/mol. The zero-order valence-corrected chi connectivity index (χ0v) is 16.7. The normalized spacial score (nSPS) is 25.7. The van der Waals surface area contributed by atoms with Crippen LogP contribution >= 0.6 is 0 Å². The zero-order chi connectivity index (χ0) is 19.1. The molecule has 0 radical (unpaired) electrons. The fraction of sp³-hybridized carbons (Fsp3) is 0.478. The van der Waals surface area contributed by atoms with Gasteiger partial charge in [0.2, 0.25) is 0 Å². The van der Waals surface area contributed by atoms with Crippen LogP contribution < -0.4 is 4.74 Å². The van der Waals surface area contributed by atoms with Crippen molar-refractivity contribution in [1.29, 1.82) is 0 Å². The molecule has 0 amide bonds. The first kappa shape index (κ1) is 18.5. The lowest BCUT2D eigenvalue weighted by Gasteiger charge is -2.27. The molecular formula is C23H29FN2O. The maximum atomic E-state index is 13.8. The van der Waals surface area contributed by atoms with Gasteiger partial charge in [-0.25, -0.2) is 4.39 Å². The van der Waals surface area contributed by atoms with Gasteiger partial charge in [0.15, 0.2) is 0 Å². The van der Waals surface area contributed by atoms with Gasteiger partial charge in [-0.05, 0) is 73.2 Å². The van der Waals surface area contributed by atoms with E-state index >= 15 is 0 Å². The third-order valence-corrected chi connectivity index (χ3v) is 6.62. The first-order chi connectivity index (χ1) is 13.0. The summed E-state index contributed by atoms with van der Waals surface area (Å²) in [6.07, 6.45) is 0. The highest BCUT2D eigenvalue weighted by Gasteiger charge is 2.46. The third-order valence-electron chi connectivity index (χ3n) is 6.62. The molecule has 0 unspecified atom stereocenters. The number of benzene rings is 2. The SMILES string of the molecule is COc1ccc(CN2C[C@@H]3CN(C)[C@@H](c4cccc(F)c4)[C@@H]3C2)c(C)c1C. The topological polar surface area (TPSA) is 15.7 Å². The van der Waals surface area contributed by atoms with Crippen LogP contribution in [-0.2, 0) is 6.54 Å².